The molecule has 0 aliphatic rings. The lowest BCUT2D eigenvalue weighted by Gasteiger charge is -2.19. The average Bonchev–Trinajstić information content (AvgIpc) is 2.42. The van der Waals surface area contributed by atoms with Gasteiger partial charge in [0.1, 0.15) is 17.2 Å². The van der Waals surface area contributed by atoms with E-state index < -0.39 is 11.7 Å². The Kier molecular flexibility index (Phi) is 7.38. The zero-order valence-electron chi connectivity index (χ0n) is 13.2. The van der Waals surface area contributed by atoms with Crippen LogP contribution in [-0.2, 0) is 4.74 Å². The van der Waals surface area contributed by atoms with E-state index in [1.807, 2.05) is 0 Å². The highest BCUT2D eigenvalue weighted by molar-refractivity contribution is 9.09. The monoisotopic (exact) mass is 370 g/mol. The van der Waals surface area contributed by atoms with Gasteiger partial charge >= 0.3 is 6.09 Å². The van der Waals surface area contributed by atoms with Crippen molar-refractivity contribution < 1.29 is 14.3 Å². The first-order valence-corrected chi connectivity index (χ1v) is 8.32. The Balaban J connectivity index is 2.48. The molecule has 0 saturated carbocycles. The number of carbonyl (C=O) groups is 1. The molecule has 0 saturated heterocycles. The predicted octanol–water partition coefficient (Wildman–Crippen LogP) is 4.09. The number of alkyl carbamates (subject to hydrolysis) is 1. The first-order valence-electron chi connectivity index (χ1n) is 7.19. The van der Waals surface area contributed by atoms with Crippen LogP contribution in [0.15, 0.2) is 24.3 Å². The van der Waals surface area contributed by atoms with Crippen LogP contribution in [0.1, 0.15) is 39.2 Å². The summed E-state index contributed by atoms with van der Waals surface area (Å²) >= 11 is 3.37. The van der Waals surface area contributed by atoms with Gasteiger partial charge in [-0.2, -0.15) is 0 Å². The molecule has 122 valence electrons. The number of halogens is 1. The van der Waals surface area contributed by atoms with Crippen molar-refractivity contribution in [2.75, 3.05) is 11.9 Å². The summed E-state index contributed by atoms with van der Waals surface area (Å²) in [5.74, 6) is 0.753. The molecule has 6 heteroatoms. The Labute approximate surface area is 140 Å². The van der Waals surface area contributed by atoms with Crippen LogP contribution in [-0.4, -0.2) is 29.5 Å². The quantitative estimate of drug-likeness (QED) is 0.342. The first-order chi connectivity index (χ1) is 10.3. The van der Waals surface area contributed by atoms with E-state index in [2.05, 4.69) is 21.2 Å². The fourth-order valence-electron chi connectivity index (χ4n) is 1.58. The van der Waals surface area contributed by atoms with Crippen molar-refractivity contribution in [3.8, 4) is 5.75 Å². The third-order valence-electron chi connectivity index (χ3n) is 2.57. The average molecular weight is 371 g/mol. The molecule has 1 aromatic carbocycles. The zero-order chi connectivity index (χ0) is 16.6. The second-order valence-electron chi connectivity index (χ2n) is 5.77. The van der Waals surface area contributed by atoms with E-state index in [0.717, 1.165) is 23.9 Å². The third kappa shape index (κ3) is 7.45. The number of amides is 1. The molecule has 0 radical (unpaired) electrons. The maximum atomic E-state index is 11.6. The van der Waals surface area contributed by atoms with Crippen molar-refractivity contribution in [2.45, 2.75) is 39.2 Å². The summed E-state index contributed by atoms with van der Waals surface area (Å²) in [5.41, 5.74) is 0.00987. The van der Waals surface area contributed by atoms with Crippen molar-refractivity contribution in [1.82, 2.24) is 5.32 Å². The Morgan fingerprint density at radius 1 is 1.23 bits per heavy atom. The van der Waals surface area contributed by atoms with Crippen LogP contribution in [0.5, 0.6) is 5.75 Å². The Hall–Kier alpha value is -1.56. The summed E-state index contributed by atoms with van der Waals surface area (Å²) in [7, 11) is 0. The topological polar surface area (TPSA) is 71.4 Å². The number of rotatable bonds is 6. The number of ether oxygens (including phenoxy) is 2. The summed E-state index contributed by atoms with van der Waals surface area (Å²) in [6, 6.07) is 7.04. The van der Waals surface area contributed by atoms with Gasteiger partial charge in [-0.3, -0.25) is 10.7 Å². The van der Waals surface area contributed by atoms with Crippen molar-refractivity contribution >= 4 is 27.9 Å². The highest BCUT2D eigenvalue weighted by Crippen LogP contribution is 2.13. The van der Waals surface area contributed by atoms with Crippen LogP contribution >= 0.6 is 15.9 Å². The molecular formula is C16H23BrN2O3. The lowest BCUT2D eigenvalue weighted by atomic mass is 10.2. The van der Waals surface area contributed by atoms with Crippen LogP contribution in [0.2, 0.25) is 0 Å². The van der Waals surface area contributed by atoms with E-state index >= 15 is 0 Å². The molecule has 0 atom stereocenters. The van der Waals surface area contributed by atoms with Gasteiger partial charge in [-0.05, 0) is 57.9 Å². The first kappa shape index (κ1) is 18.5. The largest absolute Gasteiger partial charge is 0.494 e. The molecule has 0 heterocycles. The molecule has 0 aromatic heterocycles. The Morgan fingerprint density at radius 3 is 2.41 bits per heavy atom. The number of nitrogens with one attached hydrogen (secondary N) is 2. The normalized spacial score (nSPS) is 10.9. The van der Waals surface area contributed by atoms with E-state index in [0.29, 0.717) is 12.2 Å². The molecule has 1 rings (SSSR count). The van der Waals surface area contributed by atoms with Gasteiger partial charge < -0.3 is 9.47 Å². The molecule has 1 amide bonds. The molecule has 0 aliphatic heterocycles. The van der Waals surface area contributed by atoms with Gasteiger partial charge in [0.2, 0.25) is 0 Å². The Bertz CT molecular complexity index is 495. The second-order valence-corrected chi connectivity index (χ2v) is 6.56. The van der Waals surface area contributed by atoms with Crippen LogP contribution < -0.4 is 10.1 Å². The van der Waals surface area contributed by atoms with Gasteiger partial charge in [0, 0.05) is 10.9 Å². The number of alkyl halides is 1. The number of hydrogen-bond donors (Lipinski definition) is 2. The minimum Gasteiger partial charge on any atom is -0.494 e. The van der Waals surface area contributed by atoms with Crippen molar-refractivity contribution in [3.05, 3.63) is 29.8 Å². The summed E-state index contributed by atoms with van der Waals surface area (Å²) in [6.07, 6.45) is 1.43. The zero-order valence-corrected chi connectivity index (χ0v) is 14.8. The number of benzene rings is 1. The van der Waals surface area contributed by atoms with Gasteiger partial charge in [-0.15, -0.1) is 0 Å². The third-order valence-corrected chi connectivity index (χ3v) is 3.13. The maximum absolute atomic E-state index is 11.6. The fourth-order valence-corrected chi connectivity index (χ4v) is 1.98. The molecule has 1 aromatic rings. The van der Waals surface area contributed by atoms with E-state index in [1.165, 1.54) is 0 Å². The van der Waals surface area contributed by atoms with Crippen LogP contribution in [0.25, 0.3) is 0 Å². The molecular weight excluding hydrogens is 348 g/mol. The molecule has 22 heavy (non-hydrogen) atoms. The summed E-state index contributed by atoms with van der Waals surface area (Å²) in [5, 5.41) is 11.3. The van der Waals surface area contributed by atoms with E-state index in [4.69, 9.17) is 14.9 Å². The lowest BCUT2D eigenvalue weighted by molar-refractivity contribution is 0.0563. The van der Waals surface area contributed by atoms with Gasteiger partial charge in [0.25, 0.3) is 0 Å². The molecule has 2 N–H and O–H groups in total. The number of hydrogen-bond acceptors (Lipinski definition) is 4. The van der Waals surface area contributed by atoms with Gasteiger partial charge in [0.05, 0.1) is 6.61 Å². The number of amidine groups is 1. The van der Waals surface area contributed by atoms with Crippen LogP contribution in [0.3, 0.4) is 0 Å². The van der Waals surface area contributed by atoms with Gasteiger partial charge in [-0.25, -0.2) is 4.79 Å². The molecule has 0 aliphatic carbocycles. The van der Waals surface area contributed by atoms with Crippen molar-refractivity contribution in [2.24, 2.45) is 0 Å². The Morgan fingerprint density at radius 2 is 1.86 bits per heavy atom. The summed E-state index contributed by atoms with van der Waals surface area (Å²) in [4.78, 5) is 11.6. The highest BCUT2D eigenvalue weighted by atomic mass is 79.9. The fraction of sp³-hybridized carbons (Fsp3) is 0.500. The molecule has 0 bridgehead atoms. The summed E-state index contributed by atoms with van der Waals surface area (Å²) < 4.78 is 10.7. The van der Waals surface area contributed by atoms with E-state index in [-0.39, 0.29) is 5.84 Å². The van der Waals surface area contributed by atoms with E-state index in [1.54, 1.807) is 45.0 Å². The lowest BCUT2D eigenvalue weighted by Crippen LogP contribution is -2.36. The minimum atomic E-state index is -0.632. The molecule has 5 nitrogen and oxygen atoms in total. The van der Waals surface area contributed by atoms with Crippen molar-refractivity contribution in [3.63, 3.8) is 0 Å². The number of carbonyl (C=O) groups excluding carboxylic acids is 1. The minimum absolute atomic E-state index is 0.0000822. The number of unbranched alkanes of at least 4 members (excludes halogenated alkanes) is 1. The predicted molar refractivity (Wildman–Crippen MR) is 91.2 cm³/mol. The van der Waals surface area contributed by atoms with Gasteiger partial charge in [0.15, 0.2) is 0 Å². The standard InChI is InChI=1S/C16H23BrN2O3/c1-16(2,3)22-15(20)19-14(18)12-6-8-13(9-7-12)21-11-5-4-10-17/h6-9H,4-5,10-11H2,1-3H3,(H2,18,19,20). The summed E-state index contributed by atoms with van der Waals surface area (Å²) in [6.45, 7) is 5.99. The molecule has 0 fully saturated rings. The highest BCUT2D eigenvalue weighted by Gasteiger charge is 2.17. The van der Waals surface area contributed by atoms with Crippen molar-refractivity contribution in [1.29, 1.82) is 5.41 Å². The smallest absolute Gasteiger partial charge is 0.413 e. The molecule has 0 spiro atoms. The maximum Gasteiger partial charge on any atom is 0.413 e. The van der Waals surface area contributed by atoms with Crippen LogP contribution in [0.4, 0.5) is 4.79 Å². The second kappa shape index (κ2) is 8.78. The SMILES string of the molecule is CC(C)(C)OC(=O)NC(=N)c1ccc(OCCCCBr)cc1. The van der Waals surface area contributed by atoms with Gasteiger partial charge in [-0.1, -0.05) is 15.9 Å². The van der Waals surface area contributed by atoms with Crippen LogP contribution in [0, 0.1) is 5.41 Å². The molecule has 0 unspecified atom stereocenters. The van der Waals surface area contributed by atoms with E-state index in [9.17, 15) is 4.79 Å².